The predicted octanol–water partition coefficient (Wildman–Crippen LogP) is 4.82. The molecule has 7 nitrogen and oxygen atoms in total. The second kappa shape index (κ2) is 14.4. The molecule has 0 saturated heterocycles. The van der Waals surface area contributed by atoms with Crippen LogP contribution in [0.2, 0.25) is 0 Å². The van der Waals surface area contributed by atoms with Gasteiger partial charge in [-0.15, -0.1) is 0 Å². The van der Waals surface area contributed by atoms with E-state index in [0.717, 1.165) is 49.7 Å². The highest BCUT2D eigenvalue weighted by Crippen LogP contribution is 2.18. The fourth-order valence-electron chi connectivity index (χ4n) is 4.40. The number of amides is 2. The molecule has 0 aliphatic heterocycles. The zero-order valence-electron chi connectivity index (χ0n) is 21.0. The van der Waals surface area contributed by atoms with Gasteiger partial charge in [-0.3, -0.25) is 0 Å². The summed E-state index contributed by atoms with van der Waals surface area (Å²) in [7, 11) is 0. The van der Waals surface area contributed by atoms with Crippen LogP contribution in [-0.4, -0.2) is 60.5 Å². The molecule has 1 aliphatic carbocycles. The number of benzene rings is 2. The van der Waals surface area contributed by atoms with Gasteiger partial charge in [0.2, 0.25) is 0 Å². The van der Waals surface area contributed by atoms with Gasteiger partial charge in [0.15, 0.2) is 6.10 Å². The van der Waals surface area contributed by atoms with Crippen molar-refractivity contribution < 1.29 is 28.6 Å². The first-order chi connectivity index (χ1) is 17.4. The van der Waals surface area contributed by atoms with Crippen LogP contribution in [0.5, 0.6) is 5.75 Å². The number of nitrogens with zero attached hydrogens (tertiary/aromatic N) is 1. The third kappa shape index (κ3) is 9.15. The summed E-state index contributed by atoms with van der Waals surface area (Å²) >= 11 is 0. The molecule has 2 aromatic rings. The smallest absolute Gasteiger partial charge is 0.333 e. The SMILES string of the molecule is CCOC(Cc1ccc(OCCN(CCCc2ccc(F)cc2)C(=O)NC2CCCC2)cc1)C(=O)O. The molecule has 196 valence electrons. The van der Waals surface area contributed by atoms with Crippen molar-refractivity contribution in [1.29, 1.82) is 0 Å². The number of nitrogens with one attached hydrogen (secondary N) is 1. The average molecular weight is 501 g/mol. The van der Waals surface area contributed by atoms with Crippen LogP contribution in [0.4, 0.5) is 9.18 Å². The number of carboxylic acids is 1. The highest BCUT2D eigenvalue weighted by Gasteiger charge is 2.21. The number of rotatable bonds is 14. The van der Waals surface area contributed by atoms with Gasteiger partial charge < -0.3 is 24.8 Å². The van der Waals surface area contributed by atoms with Gasteiger partial charge in [-0.25, -0.2) is 14.0 Å². The van der Waals surface area contributed by atoms with Crippen LogP contribution in [0.25, 0.3) is 0 Å². The lowest BCUT2D eigenvalue weighted by Crippen LogP contribution is -2.46. The first-order valence-electron chi connectivity index (χ1n) is 12.8. The monoisotopic (exact) mass is 500 g/mol. The standard InChI is InChI=1S/C28H37FN2O5/c1-2-35-26(27(32)33)20-22-11-15-25(16-12-22)36-19-18-31(28(34)30-24-7-3-4-8-24)17-5-6-21-9-13-23(29)14-10-21/h9-16,24,26H,2-8,17-20H2,1H3,(H,30,34)(H,32,33). The minimum absolute atomic E-state index is 0.0735. The number of carbonyl (C=O) groups excluding carboxylic acids is 1. The Morgan fingerprint density at radius 2 is 1.72 bits per heavy atom. The molecular formula is C28H37FN2O5. The molecule has 2 amide bonds. The molecule has 2 aromatic carbocycles. The molecule has 0 spiro atoms. The lowest BCUT2D eigenvalue weighted by atomic mass is 10.1. The zero-order chi connectivity index (χ0) is 25.8. The molecular weight excluding hydrogens is 463 g/mol. The van der Waals surface area contributed by atoms with Crippen LogP contribution in [0, 0.1) is 5.82 Å². The van der Waals surface area contributed by atoms with E-state index >= 15 is 0 Å². The third-order valence-corrected chi connectivity index (χ3v) is 6.39. The maximum absolute atomic E-state index is 13.2. The normalized spacial score (nSPS) is 14.4. The third-order valence-electron chi connectivity index (χ3n) is 6.39. The van der Waals surface area contributed by atoms with Crippen molar-refractivity contribution in [1.82, 2.24) is 10.2 Å². The van der Waals surface area contributed by atoms with Gasteiger partial charge in [-0.05, 0) is 68.0 Å². The van der Waals surface area contributed by atoms with Crippen LogP contribution < -0.4 is 10.1 Å². The molecule has 1 unspecified atom stereocenters. The van der Waals surface area contributed by atoms with Crippen LogP contribution in [0.1, 0.15) is 50.2 Å². The van der Waals surface area contributed by atoms with E-state index in [1.165, 1.54) is 12.1 Å². The highest BCUT2D eigenvalue weighted by atomic mass is 19.1. The van der Waals surface area contributed by atoms with Crippen molar-refractivity contribution in [2.75, 3.05) is 26.3 Å². The van der Waals surface area contributed by atoms with E-state index in [1.807, 2.05) is 12.1 Å². The lowest BCUT2D eigenvalue weighted by molar-refractivity contribution is -0.149. The van der Waals surface area contributed by atoms with E-state index in [2.05, 4.69) is 5.32 Å². The summed E-state index contributed by atoms with van der Waals surface area (Å²) in [5.74, 6) is -0.574. The highest BCUT2D eigenvalue weighted by molar-refractivity contribution is 5.74. The Hall–Kier alpha value is -3.13. The van der Waals surface area contributed by atoms with Gasteiger partial charge in [0, 0.05) is 25.6 Å². The second-order valence-electron chi connectivity index (χ2n) is 9.13. The van der Waals surface area contributed by atoms with Gasteiger partial charge in [0.25, 0.3) is 0 Å². The summed E-state index contributed by atoms with van der Waals surface area (Å²) in [6.07, 6.45) is 5.26. The number of aliphatic carboxylic acids is 1. The number of urea groups is 1. The Labute approximate surface area is 212 Å². The molecule has 0 radical (unpaired) electrons. The average Bonchev–Trinajstić information content (AvgIpc) is 3.38. The Bertz CT molecular complexity index is 945. The van der Waals surface area contributed by atoms with Crippen molar-refractivity contribution in [3.8, 4) is 5.75 Å². The first-order valence-corrected chi connectivity index (χ1v) is 12.8. The van der Waals surface area contributed by atoms with Gasteiger partial charge in [0.1, 0.15) is 18.2 Å². The Morgan fingerprint density at radius 1 is 1.06 bits per heavy atom. The largest absolute Gasteiger partial charge is 0.492 e. The topological polar surface area (TPSA) is 88.1 Å². The van der Waals surface area contributed by atoms with E-state index in [9.17, 15) is 19.1 Å². The summed E-state index contributed by atoms with van der Waals surface area (Å²) in [5, 5.41) is 12.4. The Kier molecular flexibility index (Phi) is 11.0. The summed E-state index contributed by atoms with van der Waals surface area (Å²) in [4.78, 5) is 26.0. The minimum atomic E-state index is -0.979. The lowest BCUT2D eigenvalue weighted by Gasteiger charge is -2.25. The Morgan fingerprint density at radius 3 is 2.36 bits per heavy atom. The molecule has 1 aliphatic rings. The van der Waals surface area contributed by atoms with E-state index in [0.29, 0.717) is 32.1 Å². The van der Waals surface area contributed by atoms with Crippen LogP contribution in [0.3, 0.4) is 0 Å². The van der Waals surface area contributed by atoms with Gasteiger partial charge in [0.05, 0.1) is 6.54 Å². The number of halogens is 1. The van der Waals surface area contributed by atoms with Crippen molar-refractivity contribution in [3.05, 3.63) is 65.5 Å². The second-order valence-corrected chi connectivity index (χ2v) is 9.13. The Balaban J connectivity index is 1.50. The molecule has 8 heteroatoms. The molecule has 2 N–H and O–H groups in total. The van der Waals surface area contributed by atoms with E-state index in [4.69, 9.17) is 9.47 Å². The number of carboxylic acid groups (broad SMARTS) is 1. The molecule has 0 aromatic heterocycles. The number of carbonyl (C=O) groups is 2. The fraction of sp³-hybridized carbons (Fsp3) is 0.500. The number of hydrogen-bond acceptors (Lipinski definition) is 4. The minimum Gasteiger partial charge on any atom is -0.492 e. The van der Waals surface area contributed by atoms with Crippen LogP contribution in [0.15, 0.2) is 48.5 Å². The molecule has 36 heavy (non-hydrogen) atoms. The molecule has 1 saturated carbocycles. The zero-order valence-corrected chi connectivity index (χ0v) is 21.0. The molecule has 0 bridgehead atoms. The first kappa shape index (κ1) is 27.5. The van der Waals surface area contributed by atoms with Crippen molar-refractivity contribution in [2.24, 2.45) is 0 Å². The van der Waals surface area contributed by atoms with Crippen molar-refractivity contribution >= 4 is 12.0 Å². The van der Waals surface area contributed by atoms with Gasteiger partial charge in [-0.1, -0.05) is 37.1 Å². The van der Waals surface area contributed by atoms with Crippen LogP contribution in [-0.2, 0) is 22.4 Å². The van der Waals surface area contributed by atoms with Crippen LogP contribution >= 0.6 is 0 Å². The maximum Gasteiger partial charge on any atom is 0.333 e. The number of aryl methyl sites for hydroxylation is 1. The molecule has 1 fully saturated rings. The van der Waals surface area contributed by atoms with Crippen molar-refractivity contribution in [3.63, 3.8) is 0 Å². The van der Waals surface area contributed by atoms with Gasteiger partial charge in [-0.2, -0.15) is 0 Å². The summed E-state index contributed by atoms with van der Waals surface area (Å²) in [6, 6.07) is 13.9. The van der Waals surface area contributed by atoms with E-state index in [1.54, 1.807) is 36.1 Å². The van der Waals surface area contributed by atoms with E-state index in [-0.39, 0.29) is 24.3 Å². The predicted molar refractivity (Wildman–Crippen MR) is 136 cm³/mol. The summed E-state index contributed by atoms with van der Waals surface area (Å²) in [5.41, 5.74) is 1.89. The fourth-order valence-corrected chi connectivity index (χ4v) is 4.40. The van der Waals surface area contributed by atoms with E-state index < -0.39 is 12.1 Å². The molecule has 1 atom stereocenters. The molecule has 0 heterocycles. The number of ether oxygens (including phenoxy) is 2. The van der Waals surface area contributed by atoms with Crippen molar-refractivity contribution in [2.45, 2.75) is 64.0 Å². The quantitative estimate of drug-likeness (QED) is 0.388. The number of hydrogen-bond donors (Lipinski definition) is 2. The molecule has 3 rings (SSSR count). The summed E-state index contributed by atoms with van der Waals surface area (Å²) in [6.45, 7) is 3.46. The maximum atomic E-state index is 13.2. The summed E-state index contributed by atoms with van der Waals surface area (Å²) < 4.78 is 24.3. The van der Waals surface area contributed by atoms with Gasteiger partial charge >= 0.3 is 12.0 Å².